The summed E-state index contributed by atoms with van der Waals surface area (Å²) in [5.74, 6) is -1.61. The molecule has 0 aromatic rings. The molecule has 0 spiro atoms. The molecule has 2 fully saturated rings. The first kappa shape index (κ1) is 11.4. The number of amides is 1. The standard InChI is InChI=1S/C12H19NO3/c14-11(13-8-4-3-5-8)9-6-1-2-7-10(9)12(15)16/h8-10H,1-7H2,(H,13,14)(H,15,16). The number of nitrogens with one attached hydrogen (secondary N) is 1. The molecule has 2 atom stereocenters. The van der Waals surface area contributed by atoms with E-state index in [2.05, 4.69) is 5.32 Å². The third-order valence-corrected chi connectivity index (χ3v) is 3.87. The second-order valence-corrected chi connectivity index (χ2v) is 4.97. The van der Waals surface area contributed by atoms with Crippen LogP contribution in [0.3, 0.4) is 0 Å². The summed E-state index contributed by atoms with van der Waals surface area (Å²) in [5.41, 5.74) is 0. The molecule has 2 aliphatic carbocycles. The van der Waals surface area contributed by atoms with E-state index >= 15 is 0 Å². The van der Waals surface area contributed by atoms with Crippen LogP contribution < -0.4 is 5.32 Å². The summed E-state index contributed by atoms with van der Waals surface area (Å²) in [6, 6.07) is 0.309. The predicted octanol–water partition coefficient (Wildman–Crippen LogP) is 1.55. The van der Waals surface area contributed by atoms with E-state index in [0.29, 0.717) is 12.5 Å². The molecule has 0 bridgehead atoms. The van der Waals surface area contributed by atoms with Crippen LogP contribution in [0.1, 0.15) is 44.9 Å². The molecule has 0 radical (unpaired) electrons. The van der Waals surface area contributed by atoms with Crippen LogP contribution in [0.2, 0.25) is 0 Å². The molecule has 2 aliphatic rings. The van der Waals surface area contributed by atoms with Gasteiger partial charge in [-0.3, -0.25) is 9.59 Å². The number of rotatable bonds is 3. The molecule has 90 valence electrons. The number of hydrogen-bond donors (Lipinski definition) is 2. The van der Waals surface area contributed by atoms with Crippen molar-refractivity contribution in [1.29, 1.82) is 0 Å². The molecule has 0 heterocycles. The number of carboxylic acid groups (broad SMARTS) is 1. The van der Waals surface area contributed by atoms with E-state index < -0.39 is 11.9 Å². The van der Waals surface area contributed by atoms with E-state index in [4.69, 9.17) is 5.11 Å². The average Bonchev–Trinajstić information content (AvgIpc) is 2.23. The van der Waals surface area contributed by atoms with Crippen molar-refractivity contribution < 1.29 is 14.7 Å². The highest BCUT2D eigenvalue weighted by molar-refractivity contribution is 5.85. The van der Waals surface area contributed by atoms with Gasteiger partial charge in [0.25, 0.3) is 0 Å². The number of aliphatic carboxylic acids is 1. The fourth-order valence-electron chi connectivity index (χ4n) is 2.60. The Morgan fingerprint density at radius 3 is 2.06 bits per heavy atom. The number of carboxylic acids is 1. The van der Waals surface area contributed by atoms with E-state index in [-0.39, 0.29) is 11.8 Å². The van der Waals surface area contributed by atoms with Crippen molar-refractivity contribution in [3.05, 3.63) is 0 Å². The highest BCUT2D eigenvalue weighted by Gasteiger charge is 2.36. The number of hydrogen-bond acceptors (Lipinski definition) is 2. The van der Waals surface area contributed by atoms with Crippen LogP contribution >= 0.6 is 0 Å². The summed E-state index contributed by atoms with van der Waals surface area (Å²) in [6.45, 7) is 0. The molecule has 0 aromatic heterocycles. The molecule has 2 rings (SSSR count). The van der Waals surface area contributed by atoms with Crippen LogP contribution in [0, 0.1) is 11.8 Å². The van der Waals surface area contributed by atoms with E-state index in [1.807, 2.05) is 0 Å². The maximum atomic E-state index is 11.9. The van der Waals surface area contributed by atoms with Crippen LogP contribution in [0.5, 0.6) is 0 Å². The van der Waals surface area contributed by atoms with Gasteiger partial charge in [0.1, 0.15) is 0 Å². The summed E-state index contributed by atoms with van der Waals surface area (Å²) in [7, 11) is 0. The minimum atomic E-state index is -0.812. The Bertz CT molecular complexity index is 286. The van der Waals surface area contributed by atoms with Crippen molar-refractivity contribution in [3.63, 3.8) is 0 Å². The quantitative estimate of drug-likeness (QED) is 0.765. The van der Waals surface area contributed by atoms with Gasteiger partial charge < -0.3 is 10.4 Å². The Morgan fingerprint density at radius 1 is 0.938 bits per heavy atom. The molecular formula is C12H19NO3. The lowest BCUT2D eigenvalue weighted by molar-refractivity contribution is -0.149. The average molecular weight is 225 g/mol. The summed E-state index contributed by atoms with van der Waals surface area (Å²) >= 11 is 0. The maximum absolute atomic E-state index is 11.9. The molecule has 0 saturated heterocycles. The number of carbonyl (C=O) groups is 2. The lowest BCUT2D eigenvalue weighted by Gasteiger charge is -2.32. The summed E-state index contributed by atoms with van der Waals surface area (Å²) in [5, 5.41) is 12.1. The Kier molecular flexibility index (Phi) is 3.46. The fourth-order valence-corrected chi connectivity index (χ4v) is 2.60. The Morgan fingerprint density at radius 2 is 1.56 bits per heavy atom. The second kappa shape index (κ2) is 4.85. The second-order valence-electron chi connectivity index (χ2n) is 4.97. The van der Waals surface area contributed by atoms with Crippen LogP contribution in [0.15, 0.2) is 0 Å². The van der Waals surface area contributed by atoms with Crippen molar-refractivity contribution >= 4 is 11.9 Å². The SMILES string of the molecule is O=C(O)C1CCCCC1C(=O)NC1CCC1. The topological polar surface area (TPSA) is 66.4 Å². The van der Waals surface area contributed by atoms with Crippen molar-refractivity contribution in [2.45, 2.75) is 51.0 Å². The van der Waals surface area contributed by atoms with Gasteiger partial charge in [0.15, 0.2) is 0 Å². The molecule has 4 heteroatoms. The zero-order valence-corrected chi connectivity index (χ0v) is 9.45. The minimum Gasteiger partial charge on any atom is -0.481 e. The maximum Gasteiger partial charge on any atom is 0.307 e. The number of carbonyl (C=O) groups excluding carboxylic acids is 1. The first-order valence-electron chi connectivity index (χ1n) is 6.21. The lowest BCUT2D eigenvalue weighted by Crippen LogP contribution is -2.46. The van der Waals surface area contributed by atoms with Gasteiger partial charge in [-0.25, -0.2) is 0 Å². The van der Waals surface area contributed by atoms with Gasteiger partial charge in [0.05, 0.1) is 11.8 Å². The first-order chi connectivity index (χ1) is 7.68. The van der Waals surface area contributed by atoms with Crippen molar-refractivity contribution in [3.8, 4) is 0 Å². The van der Waals surface area contributed by atoms with Gasteiger partial charge in [-0.05, 0) is 32.1 Å². The first-order valence-corrected chi connectivity index (χ1v) is 6.21. The summed E-state index contributed by atoms with van der Waals surface area (Å²) in [4.78, 5) is 23.0. The molecular weight excluding hydrogens is 206 g/mol. The Hall–Kier alpha value is -1.06. The Labute approximate surface area is 95.4 Å². The molecule has 4 nitrogen and oxygen atoms in total. The van der Waals surface area contributed by atoms with Crippen molar-refractivity contribution in [2.24, 2.45) is 11.8 Å². The van der Waals surface area contributed by atoms with Gasteiger partial charge in [0.2, 0.25) is 5.91 Å². The molecule has 0 aliphatic heterocycles. The van der Waals surface area contributed by atoms with Crippen LogP contribution in [-0.4, -0.2) is 23.0 Å². The Balaban J connectivity index is 1.93. The summed E-state index contributed by atoms with van der Waals surface area (Å²) < 4.78 is 0. The van der Waals surface area contributed by atoms with Gasteiger partial charge in [-0.2, -0.15) is 0 Å². The van der Waals surface area contributed by atoms with Gasteiger partial charge in [-0.15, -0.1) is 0 Å². The monoisotopic (exact) mass is 225 g/mol. The van der Waals surface area contributed by atoms with Crippen molar-refractivity contribution in [2.75, 3.05) is 0 Å². The van der Waals surface area contributed by atoms with E-state index in [9.17, 15) is 9.59 Å². The van der Waals surface area contributed by atoms with Gasteiger partial charge >= 0.3 is 5.97 Å². The van der Waals surface area contributed by atoms with Gasteiger partial charge in [0, 0.05) is 6.04 Å². The third-order valence-electron chi connectivity index (χ3n) is 3.87. The van der Waals surface area contributed by atoms with Crippen LogP contribution in [-0.2, 0) is 9.59 Å². The highest BCUT2D eigenvalue weighted by Crippen LogP contribution is 2.31. The highest BCUT2D eigenvalue weighted by atomic mass is 16.4. The zero-order chi connectivity index (χ0) is 11.5. The zero-order valence-electron chi connectivity index (χ0n) is 9.45. The molecule has 2 saturated carbocycles. The third kappa shape index (κ3) is 2.36. The minimum absolute atomic E-state index is 0.0307. The summed E-state index contributed by atoms with van der Waals surface area (Å²) in [6.07, 6.45) is 6.58. The van der Waals surface area contributed by atoms with Crippen LogP contribution in [0.25, 0.3) is 0 Å². The lowest BCUT2D eigenvalue weighted by atomic mass is 9.78. The molecule has 2 unspecified atom stereocenters. The normalized spacial score (nSPS) is 30.5. The van der Waals surface area contributed by atoms with Gasteiger partial charge in [-0.1, -0.05) is 12.8 Å². The van der Waals surface area contributed by atoms with E-state index in [1.165, 1.54) is 6.42 Å². The van der Waals surface area contributed by atoms with E-state index in [1.54, 1.807) is 0 Å². The fraction of sp³-hybridized carbons (Fsp3) is 0.833. The molecule has 0 aromatic carbocycles. The molecule has 1 amide bonds. The molecule has 16 heavy (non-hydrogen) atoms. The largest absolute Gasteiger partial charge is 0.481 e. The van der Waals surface area contributed by atoms with Crippen LogP contribution in [0.4, 0.5) is 0 Å². The van der Waals surface area contributed by atoms with E-state index in [0.717, 1.165) is 32.1 Å². The van der Waals surface area contributed by atoms with Crippen molar-refractivity contribution in [1.82, 2.24) is 5.32 Å². The molecule has 2 N–H and O–H groups in total. The smallest absolute Gasteiger partial charge is 0.307 e. The predicted molar refractivity (Wildman–Crippen MR) is 58.9 cm³/mol.